The van der Waals surface area contributed by atoms with E-state index in [1.54, 1.807) is 0 Å². The Morgan fingerprint density at radius 3 is 0.753 bits per heavy atom. The highest BCUT2D eigenvalue weighted by Gasteiger charge is 2.34. The van der Waals surface area contributed by atoms with Crippen LogP contribution < -0.4 is 10.6 Å². The van der Waals surface area contributed by atoms with E-state index < -0.39 is 276 Å². The van der Waals surface area contributed by atoms with Crippen LogP contribution in [-0.2, 0) is 62.5 Å². The minimum atomic E-state index is -2.14. The Bertz CT molecular complexity index is 2230. The molecule has 0 rings (SSSR count). The molecule has 0 heterocycles. The molecule has 97 heavy (non-hydrogen) atoms. The fourth-order valence-corrected chi connectivity index (χ4v) is 7.35. The normalized spacial score (nSPS) is 17.1. The number of carbonyl (C=O) groups is 9. The second kappa shape index (κ2) is 49.2. The van der Waals surface area contributed by atoms with Gasteiger partial charge in [0.25, 0.3) is 23.6 Å². The smallest absolute Gasteiger partial charge is 0.317 e. The van der Waals surface area contributed by atoms with E-state index in [4.69, 9.17) is 39.8 Å². The molecule has 558 valence electrons. The van der Waals surface area contributed by atoms with Gasteiger partial charge < -0.3 is 147 Å². The van der Waals surface area contributed by atoms with Crippen molar-refractivity contribution in [1.82, 2.24) is 35.1 Å². The summed E-state index contributed by atoms with van der Waals surface area (Å²) < 4.78 is 0. The summed E-state index contributed by atoms with van der Waals surface area (Å²) in [6.07, 6.45) is -30.9. The topological polar surface area (TPSA) is 746 Å². The summed E-state index contributed by atoms with van der Waals surface area (Å²) in [4.78, 5) is 138. The Morgan fingerprint density at radius 2 is 0.536 bits per heavy atom. The fraction of sp³-hybridized carbons (Fsp3) is 0.740. The number of aliphatic hydroxyl groups excluding tert-OH is 20. The summed E-state index contributed by atoms with van der Waals surface area (Å²) >= 11 is 0. The van der Waals surface area contributed by atoms with Gasteiger partial charge in [0, 0.05) is 52.4 Å². The van der Waals surface area contributed by atoms with Gasteiger partial charge in [-0.05, 0) is 0 Å². The second-order valence-corrected chi connectivity index (χ2v) is 20.5. The lowest BCUT2D eigenvalue weighted by molar-refractivity contribution is -0.152. The number of imide groups is 2. The first-order valence-corrected chi connectivity index (χ1v) is 28.6. The Morgan fingerprint density at radius 1 is 0.320 bits per heavy atom. The fourth-order valence-electron chi connectivity index (χ4n) is 7.35. The molecular formula is C50H87N11O36. The van der Waals surface area contributed by atoms with Crippen molar-refractivity contribution in [2.24, 2.45) is 20.6 Å². The lowest BCUT2D eigenvalue weighted by atomic mass is 10.0. The van der Waals surface area contributed by atoms with E-state index in [0.717, 1.165) is 14.7 Å². The molecule has 0 spiro atoms. The van der Waals surface area contributed by atoms with Gasteiger partial charge in [-0.3, -0.25) is 67.7 Å². The van der Waals surface area contributed by atoms with Crippen molar-refractivity contribution in [3.8, 4) is 0 Å². The number of aliphatic carboxylic acids is 3. The van der Waals surface area contributed by atoms with Gasteiger partial charge in [-0.2, -0.15) is 0 Å². The second-order valence-electron chi connectivity index (χ2n) is 20.5. The number of oxime groups is 4. The number of hydrogen-bond donors (Lipinski definition) is 25. The van der Waals surface area contributed by atoms with Crippen molar-refractivity contribution < 1.29 is 180 Å². The van der Waals surface area contributed by atoms with E-state index in [1.807, 2.05) is 0 Å². The SMILES string of the molecule is O=C(O)CN(CCN(CC(=O)O)CC(=O)NCCN(C(=O)CO/N=C/C(O)C(O)[C@@H](O)C(O)CO)C(=O)CO/N=C/C(O)[C@@H](O)[C@H](O)C(O)CO)CCN(CC(=O)O)CC(=O)NCCN(C(=O)CO/N=C/C(O)[C@@H](O)[C@H](O)C(O)CO)C(=O)CO/N=C/C(O)[C@H](O)[C@H](O)C(O)CO. The van der Waals surface area contributed by atoms with E-state index in [0.29, 0.717) is 34.7 Å². The third-order valence-electron chi connectivity index (χ3n) is 12.8. The highest BCUT2D eigenvalue weighted by Crippen LogP contribution is 2.09. The van der Waals surface area contributed by atoms with Gasteiger partial charge in [-0.15, -0.1) is 0 Å². The van der Waals surface area contributed by atoms with Crippen LogP contribution in [0.3, 0.4) is 0 Å². The van der Waals surface area contributed by atoms with Gasteiger partial charge in [0.05, 0.1) is 84.0 Å². The highest BCUT2D eigenvalue weighted by atomic mass is 16.6. The average Bonchev–Trinajstić information content (AvgIpc) is 1.88. The summed E-state index contributed by atoms with van der Waals surface area (Å²) in [5.41, 5.74) is 0. The molecule has 6 amide bonds. The zero-order valence-corrected chi connectivity index (χ0v) is 51.5. The van der Waals surface area contributed by atoms with Gasteiger partial charge in [-0.1, -0.05) is 20.6 Å². The van der Waals surface area contributed by atoms with Crippen LogP contribution in [0.4, 0.5) is 0 Å². The van der Waals surface area contributed by atoms with Crippen LogP contribution in [0.1, 0.15) is 0 Å². The Kier molecular flexibility index (Phi) is 45.4. The molecule has 16 atom stereocenters. The van der Waals surface area contributed by atoms with Crippen molar-refractivity contribution in [2.45, 2.75) is 97.7 Å². The summed E-state index contributed by atoms with van der Waals surface area (Å²) in [7, 11) is 0. The number of aliphatic hydroxyl groups is 20. The van der Waals surface area contributed by atoms with Gasteiger partial charge in [0.2, 0.25) is 11.8 Å². The molecule has 0 aromatic heterocycles. The Labute approximate surface area is 548 Å². The number of amides is 6. The summed E-state index contributed by atoms with van der Waals surface area (Å²) in [5.74, 6) is -11.4. The third kappa shape index (κ3) is 36.7. The number of carboxylic acid groups (broad SMARTS) is 3. The van der Waals surface area contributed by atoms with Gasteiger partial charge in [0.15, 0.2) is 26.4 Å². The van der Waals surface area contributed by atoms with Crippen molar-refractivity contribution in [1.29, 1.82) is 0 Å². The molecule has 9 unspecified atom stereocenters. The van der Waals surface area contributed by atoms with Crippen LogP contribution in [0, 0.1) is 0 Å². The zero-order chi connectivity index (χ0) is 74.1. The zero-order valence-electron chi connectivity index (χ0n) is 51.5. The first-order chi connectivity index (χ1) is 45.6. The molecule has 0 fully saturated rings. The van der Waals surface area contributed by atoms with Crippen molar-refractivity contribution in [2.75, 3.05) is 138 Å². The molecule has 0 saturated heterocycles. The number of nitrogens with zero attached hydrogens (tertiary/aromatic N) is 9. The Hall–Kier alpha value is -7.41. The van der Waals surface area contributed by atoms with Gasteiger partial charge in [0.1, 0.15) is 97.7 Å². The Balaban J connectivity index is 6.24. The van der Waals surface area contributed by atoms with Crippen LogP contribution in [0.2, 0.25) is 0 Å². The summed E-state index contributed by atoms with van der Waals surface area (Å²) in [6, 6.07) is 0. The van der Waals surface area contributed by atoms with E-state index in [2.05, 4.69) is 31.3 Å². The summed E-state index contributed by atoms with van der Waals surface area (Å²) in [5, 5.41) is 239. The summed E-state index contributed by atoms with van der Waals surface area (Å²) in [6.45, 7) is -16.9. The predicted molar refractivity (Wildman–Crippen MR) is 314 cm³/mol. The minimum absolute atomic E-state index is 0.354. The molecule has 0 radical (unpaired) electrons. The van der Waals surface area contributed by atoms with Crippen molar-refractivity contribution in [3.63, 3.8) is 0 Å². The molecule has 0 aromatic rings. The molecule has 0 aliphatic carbocycles. The minimum Gasteiger partial charge on any atom is -0.480 e. The van der Waals surface area contributed by atoms with Gasteiger partial charge in [-0.25, -0.2) is 0 Å². The molecule has 0 saturated carbocycles. The van der Waals surface area contributed by atoms with Crippen LogP contribution in [0.15, 0.2) is 20.6 Å². The maximum atomic E-state index is 13.2. The van der Waals surface area contributed by atoms with E-state index in [9.17, 15) is 140 Å². The molecule has 0 aromatic carbocycles. The standard InChI is InChI=1S/C50H87N11O36/c62-18-30(70)47(90)43(86)26(66)9-53-94-22-36(76)60(37(77)23-95-54-10-27(67)44(87)48(91)31(71)19-63)3-1-51-34(74)13-58(16-41(82)83)7-5-57(15-40(80)81)6-8-59(17-42(84)85)14-35(75)52-2-4-61(38(78)24-96-55-11-28(68)45(88)49(92)32(72)20-64)39(79)25-97-56-12-29(69)46(89)50(93)33(73)21-65/h9-12,26-33,43-50,62-73,86-93H,1-8,13-25H2,(H,51,74)(H,52,75)(H,80,81)(H,82,83)(H,84,85)/b53-9+,54-10+,55-11+,56-12+/t26?,27?,28?,29?,30?,31?,32?,33?,43-,44+,45-,46?,47-,48-,49-,50+/m1/s1. The van der Waals surface area contributed by atoms with Crippen molar-refractivity contribution >= 4 is 78.2 Å². The van der Waals surface area contributed by atoms with Crippen LogP contribution >= 0.6 is 0 Å². The molecule has 47 heteroatoms. The maximum Gasteiger partial charge on any atom is 0.317 e. The molecule has 47 nitrogen and oxygen atoms in total. The molecule has 0 aliphatic rings. The largest absolute Gasteiger partial charge is 0.480 e. The van der Waals surface area contributed by atoms with Crippen molar-refractivity contribution in [3.05, 3.63) is 0 Å². The lowest BCUT2D eigenvalue weighted by Gasteiger charge is -2.28. The van der Waals surface area contributed by atoms with Gasteiger partial charge >= 0.3 is 17.9 Å². The quantitative estimate of drug-likeness (QED) is 0.0199. The predicted octanol–water partition coefficient (Wildman–Crippen LogP) is -18.2. The number of rotatable bonds is 54. The van der Waals surface area contributed by atoms with E-state index in [1.165, 1.54) is 0 Å². The number of carbonyl (C=O) groups excluding carboxylic acids is 6. The number of nitrogens with one attached hydrogen (secondary N) is 2. The number of carboxylic acids is 3. The molecule has 0 bridgehead atoms. The number of hydrogen-bond acceptors (Lipinski definition) is 40. The lowest BCUT2D eigenvalue weighted by Crippen LogP contribution is -2.49. The third-order valence-corrected chi connectivity index (χ3v) is 12.8. The maximum absolute atomic E-state index is 13.2. The first kappa shape index (κ1) is 89.6. The average molecular weight is 1420 g/mol. The molecule has 25 N–H and O–H groups in total. The van der Waals surface area contributed by atoms with E-state index >= 15 is 0 Å². The van der Waals surface area contributed by atoms with Crippen LogP contribution in [-0.4, -0.2) is 456 Å². The first-order valence-electron chi connectivity index (χ1n) is 28.6. The molecular weight excluding hydrogens is 1330 g/mol. The van der Waals surface area contributed by atoms with Crippen LogP contribution in [0.5, 0.6) is 0 Å². The highest BCUT2D eigenvalue weighted by molar-refractivity contribution is 5.97. The van der Waals surface area contributed by atoms with Crippen LogP contribution in [0.25, 0.3) is 0 Å². The van der Waals surface area contributed by atoms with E-state index in [-0.39, 0.29) is 13.1 Å². The molecule has 0 aliphatic heterocycles. The monoisotopic (exact) mass is 1420 g/mol.